The zero-order valence-corrected chi connectivity index (χ0v) is 11.3. The van der Waals surface area contributed by atoms with Crippen molar-refractivity contribution in [2.24, 2.45) is 0 Å². The van der Waals surface area contributed by atoms with Gasteiger partial charge in [-0.25, -0.2) is 9.97 Å². The maximum absolute atomic E-state index is 12.0. The first-order chi connectivity index (χ1) is 8.76. The molecule has 0 aliphatic carbocycles. The molecule has 0 saturated carbocycles. The average Bonchev–Trinajstić information content (AvgIpc) is 2.91. The molecule has 0 fully saturated rings. The second-order valence-electron chi connectivity index (χ2n) is 3.84. The fourth-order valence-electron chi connectivity index (χ4n) is 1.71. The molecule has 96 valence electrons. The van der Waals surface area contributed by atoms with Crippen LogP contribution < -0.4 is 10.9 Å². The number of aryl methyl sites for hydroxylation is 1. The Morgan fingerprint density at radius 1 is 1.39 bits per heavy atom. The minimum Gasteiger partial charge on any atom is -0.356 e. The van der Waals surface area contributed by atoms with Crippen molar-refractivity contribution in [3.05, 3.63) is 39.3 Å². The number of rotatable bonds is 5. The zero-order valence-electron chi connectivity index (χ0n) is 10.5. The lowest BCUT2D eigenvalue weighted by molar-refractivity contribution is 0.698. The number of aromatic nitrogens is 3. The van der Waals surface area contributed by atoms with Gasteiger partial charge in [-0.3, -0.25) is 4.79 Å². The summed E-state index contributed by atoms with van der Waals surface area (Å²) >= 11 is 1.58. The van der Waals surface area contributed by atoms with Crippen LogP contribution in [0.15, 0.2) is 28.8 Å². The van der Waals surface area contributed by atoms with Crippen molar-refractivity contribution in [1.29, 1.82) is 0 Å². The van der Waals surface area contributed by atoms with Gasteiger partial charge in [-0.1, -0.05) is 6.92 Å². The number of hydrogen-bond donors (Lipinski definition) is 1. The summed E-state index contributed by atoms with van der Waals surface area (Å²) in [5.41, 5.74) is -0.0880. The van der Waals surface area contributed by atoms with Crippen LogP contribution in [0.1, 0.15) is 31.3 Å². The van der Waals surface area contributed by atoms with E-state index in [-0.39, 0.29) is 11.6 Å². The van der Waals surface area contributed by atoms with E-state index in [2.05, 4.69) is 22.2 Å². The molecule has 2 heterocycles. The smallest absolute Gasteiger partial charge is 0.293 e. The van der Waals surface area contributed by atoms with Gasteiger partial charge in [0.15, 0.2) is 5.82 Å². The van der Waals surface area contributed by atoms with E-state index in [0.29, 0.717) is 12.4 Å². The first-order valence-electron chi connectivity index (χ1n) is 5.97. The van der Waals surface area contributed by atoms with Crippen LogP contribution in [0.3, 0.4) is 0 Å². The van der Waals surface area contributed by atoms with E-state index < -0.39 is 0 Å². The molecule has 0 amide bonds. The molecule has 0 aromatic carbocycles. The SMILES string of the molecule is CCC(Nc1nccn(CC)c1=O)c1nccs1. The number of nitrogens with one attached hydrogen (secondary N) is 1. The summed E-state index contributed by atoms with van der Waals surface area (Å²) in [6.07, 6.45) is 5.96. The molecule has 0 bridgehead atoms. The lowest BCUT2D eigenvalue weighted by Crippen LogP contribution is -2.25. The molecule has 1 unspecified atom stereocenters. The van der Waals surface area contributed by atoms with E-state index in [0.717, 1.165) is 11.4 Å². The van der Waals surface area contributed by atoms with E-state index in [1.54, 1.807) is 34.5 Å². The molecule has 0 radical (unpaired) electrons. The van der Waals surface area contributed by atoms with Crippen molar-refractivity contribution in [3.8, 4) is 0 Å². The quantitative estimate of drug-likeness (QED) is 0.900. The molecule has 1 atom stereocenters. The van der Waals surface area contributed by atoms with Gasteiger partial charge in [0.05, 0.1) is 6.04 Å². The summed E-state index contributed by atoms with van der Waals surface area (Å²) in [7, 11) is 0. The number of anilines is 1. The predicted octanol–water partition coefficient (Wildman–Crippen LogP) is 2.28. The van der Waals surface area contributed by atoms with Crippen molar-refractivity contribution in [3.63, 3.8) is 0 Å². The van der Waals surface area contributed by atoms with Crippen molar-refractivity contribution < 1.29 is 0 Å². The van der Waals surface area contributed by atoms with Crippen molar-refractivity contribution in [1.82, 2.24) is 14.5 Å². The molecular weight excluding hydrogens is 248 g/mol. The average molecular weight is 264 g/mol. The molecule has 5 nitrogen and oxygen atoms in total. The van der Waals surface area contributed by atoms with Gasteiger partial charge in [0, 0.05) is 30.5 Å². The van der Waals surface area contributed by atoms with E-state index in [1.807, 2.05) is 12.3 Å². The third-order valence-corrected chi connectivity index (χ3v) is 3.61. The highest BCUT2D eigenvalue weighted by Crippen LogP contribution is 2.21. The van der Waals surface area contributed by atoms with Crippen LogP contribution in [0.2, 0.25) is 0 Å². The van der Waals surface area contributed by atoms with E-state index in [4.69, 9.17) is 0 Å². The number of nitrogens with zero attached hydrogens (tertiary/aromatic N) is 3. The molecular formula is C12H16N4OS. The molecule has 2 rings (SSSR count). The summed E-state index contributed by atoms with van der Waals surface area (Å²) in [6, 6.07) is 0.0397. The second-order valence-corrected chi connectivity index (χ2v) is 4.77. The van der Waals surface area contributed by atoms with Gasteiger partial charge in [0.2, 0.25) is 0 Å². The van der Waals surface area contributed by atoms with Gasteiger partial charge in [0.1, 0.15) is 5.01 Å². The normalized spacial score (nSPS) is 12.3. The van der Waals surface area contributed by atoms with Gasteiger partial charge in [-0.15, -0.1) is 11.3 Å². The molecule has 0 aliphatic heterocycles. The Bertz CT molecular complexity index is 549. The van der Waals surface area contributed by atoms with Gasteiger partial charge >= 0.3 is 0 Å². The topological polar surface area (TPSA) is 59.8 Å². The standard InChI is InChI=1S/C12H16N4OS/c1-3-9(11-14-6-8-18-11)15-10-12(17)16(4-2)7-5-13-10/h5-9H,3-4H2,1-2H3,(H,13,15). The summed E-state index contributed by atoms with van der Waals surface area (Å²) < 4.78 is 1.63. The fraction of sp³-hybridized carbons (Fsp3) is 0.417. The van der Waals surface area contributed by atoms with Crippen LogP contribution in [-0.4, -0.2) is 14.5 Å². The van der Waals surface area contributed by atoms with E-state index in [9.17, 15) is 4.79 Å². The van der Waals surface area contributed by atoms with Crippen LogP contribution in [0, 0.1) is 0 Å². The Labute approximate surface area is 110 Å². The largest absolute Gasteiger partial charge is 0.356 e. The monoisotopic (exact) mass is 264 g/mol. The molecule has 1 N–H and O–H groups in total. The number of hydrogen-bond acceptors (Lipinski definition) is 5. The fourth-order valence-corrected chi connectivity index (χ4v) is 2.48. The van der Waals surface area contributed by atoms with Crippen molar-refractivity contribution in [2.75, 3.05) is 5.32 Å². The predicted molar refractivity (Wildman–Crippen MR) is 72.9 cm³/mol. The van der Waals surface area contributed by atoms with Gasteiger partial charge in [0.25, 0.3) is 5.56 Å². The molecule has 0 aliphatic rings. The summed E-state index contributed by atoms with van der Waals surface area (Å²) in [5.74, 6) is 0.390. The highest BCUT2D eigenvalue weighted by molar-refractivity contribution is 7.09. The third kappa shape index (κ3) is 2.59. The van der Waals surface area contributed by atoms with Crippen LogP contribution >= 0.6 is 11.3 Å². The number of thiazole rings is 1. The third-order valence-electron chi connectivity index (χ3n) is 2.72. The Kier molecular flexibility index (Phi) is 4.09. The lowest BCUT2D eigenvalue weighted by atomic mass is 10.2. The van der Waals surface area contributed by atoms with Crippen LogP contribution in [0.5, 0.6) is 0 Å². The van der Waals surface area contributed by atoms with Crippen LogP contribution in [-0.2, 0) is 6.54 Å². The Morgan fingerprint density at radius 3 is 2.83 bits per heavy atom. The summed E-state index contributed by atoms with van der Waals surface area (Å²) in [5, 5.41) is 6.09. The minimum absolute atomic E-state index is 0.0397. The minimum atomic E-state index is -0.0880. The summed E-state index contributed by atoms with van der Waals surface area (Å²) in [4.78, 5) is 20.4. The Balaban J connectivity index is 2.25. The summed E-state index contributed by atoms with van der Waals surface area (Å²) in [6.45, 7) is 4.63. The molecule has 0 spiro atoms. The second kappa shape index (κ2) is 5.77. The highest BCUT2D eigenvalue weighted by Gasteiger charge is 2.14. The Morgan fingerprint density at radius 2 is 2.22 bits per heavy atom. The molecule has 0 saturated heterocycles. The molecule has 2 aromatic rings. The molecule has 18 heavy (non-hydrogen) atoms. The van der Waals surface area contributed by atoms with Gasteiger partial charge in [-0.05, 0) is 13.3 Å². The van der Waals surface area contributed by atoms with E-state index >= 15 is 0 Å². The zero-order chi connectivity index (χ0) is 13.0. The first kappa shape index (κ1) is 12.8. The van der Waals surface area contributed by atoms with Crippen molar-refractivity contribution in [2.45, 2.75) is 32.9 Å². The lowest BCUT2D eigenvalue weighted by Gasteiger charge is -2.15. The van der Waals surface area contributed by atoms with Gasteiger partial charge < -0.3 is 9.88 Å². The Hall–Kier alpha value is -1.69. The van der Waals surface area contributed by atoms with Crippen LogP contribution in [0.4, 0.5) is 5.82 Å². The molecule has 6 heteroatoms. The maximum Gasteiger partial charge on any atom is 0.293 e. The van der Waals surface area contributed by atoms with E-state index in [1.165, 1.54) is 0 Å². The van der Waals surface area contributed by atoms with Gasteiger partial charge in [-0.2, -0.15) is 0 Å². The highest BCUT2D eigenvalue weighted by atomic mass is 32.1. The van der Waals surface area contributed by atoms with Crippen LogP contribution in [0.25, 0.3) is 0 Å². The maximum atomic E-state index is 12.0. The first-order valence-corrected chi connectivity index (χ1v) is 6.85. The molecule has 2 aromatic heterocycles. The van der Waals surface area contributed by atoms with Crippen molar-refractivity contribution >= 4 is 17.2 Å².